The first-order chi connectivity index (χ1) is 13.1. The Morgan fingerprint density at radius 3 is 2.32 bits per heavy atom. The molecule has 0 aliphatic carbocycles. The molecule has 0 saturated carbocycles. The van der Waals surface area contributed by atoms with Crippen LogP contribution in [0.4, 0.5) is 5.69 Å². The SMILES string of the molecule is COc1ccc(NC(=O)c2nc[nH]c2C(=O)N[C@H](C)C(=O)OC(C)(C)C)cc1. The van der Waals surface area contributed by atoms with Crippen molar-refractivity contribution in [2.45, 2.75) is 39.3 Å². The maximum absolute atomic E-state index is 12.5. The molecule has 0 fully saturated rings. The highest BCUT2D eigenvalue weighted by Gasteiger charge is 2.26. The zero-order valence-corrected chi connectivity index (χ0v) is 16.5. The number of amides is 2. The second-order valence-corrected chi connectivity index (χ2v) is 7.04. The topological polar surface area (TPSA) is 122 Å². The molecule has 0 aliphatic rings. The summed E-state index contributed by atoms with van der Waals surface area (Å²) in [7, 11) is 1.54. The van der Waals surface area contributed by atoms with Gasteiger partial charge in [0, 0.05) is 5.69 Å². The Hall–Kier alpha value is -3.36. The summed E-state index contributed by atoms with van der Waals surface area (Å²) in [6.45, 7) is 6.70. The summed E-state index contributed by atoms with van der Waals surface area (Å²) in [4.78, 5) is 43.5. The number of esters is 1. The van der Waals surface area contributed by atoms with Crippen LogP contribution in [0.25, 0.3) is 0 Å². The average molecular weight is 388 g/mol. The zero-order chi connectivity index (χ0) is 20.9. The number of carbonyl (C=O) groups excluding carboxylic acids is 3. The van der Waals surface area contributed by atoms with E-state index in [4.69, 9.17) is 9.47 Å². The summed E-state index contributed by atoms with van der Waals surface area (Å²) in [5.74, 6) is -1.14. The van der Waals surface area contributed by atoms with E-state index in [-0.39, 0.29) is 11.4 Å². The first kappa shape index (κ1) is 20.9. The normalized spacial score (nSPS) is 12.0. The number of H-pyrrole nitrogens is 1. The Kier molecular flexibility index (Phi) is 6.40. The van der Waals surface area contributed by atoms with Crippen LogP contribution in [-0.4, -0.2) is 46.5 Å². The van der Waals surface area contributed by atoms with E-state index in [2.05, 4.69) is 20.6 Å². The molecule has 2 rings (SSSR count). The number of nitrogens with one attached hydrogen (secondary N) is 3. The lowest BCUT2D eigenvalue weighted by Crippen LogP contribution is -2.42. The summed E-state index contributed by atoms with van der Waals surface area (Å²) < 4.78 is 10.3. The van der Waals surface area contributed by atoms with Gasteiger partial charge in [0.1, 0.15) is 23.1 Å². The van der Waals surface area contributed by atoms with Gasteiger partial charge >= 0.3 is 5.97 Å². The van der Waals surface area contributed by atoms with Crippen LogP contribution in [0.15, 0.2) is 30.6 Å². The molecule has 2 amide bonds. The minimum Gasteiger partial charge on any atom is -0.497 e. The number of rotatable bonds is 6. The third kappa shape index (κ3) is 5.57. The van der Waals surface area contributed by atoms with Crippen molar-refractivity contribution in [1.29, 1.82) is 0 Å². The van der Waals surface area contributed by atoms with Crippen molar-refractivity contribution in [2.24, 2.45) is 0 Å². The van der Waals surface area contributed by atoms with Crippen molar-refractivity contribution in [2.75, 3.05) is 12.4 Å². The second-order valence-electron chi connectivity index (χ2n) is 7.04. The molecule has 1 heterocycles. The number of carbonyl (C=O) groups is 3. The molecule has 28 heavy (non-hydrogen) atoms. The summed E-state index contributed by atoms with van der Waals surface area (Å²) in [5, 5.41) is 5.15. The number of aromatic nitrogens is 2. The number of anilines is 1. The molecular weight excluding hydrogens is 364 g/mol. The van der Waals surface area contributed by atoms with E-state index < -0.39 is 29.4 Å². The zero-order valence-electron chi connectivity index (χ0n) is 16.5. The number of nitrogens with zero attached hydrogens (tertiary/aromatic N) is 1. The smallest absolute Gasteiger partial charge is 0.328 e. The maximum atomic E-state index is 12.5. The lowest BCUT2D eigenvalue weighted by atomic mass is 10.2. The molecule has 0 saturated heterocycles. The van der Waals surface area contributed by atoms with Gasteiger partial charge in [-0.1, -0.05) is 0 Å². The fraction of sp³-hybridized carbons (Fsp3) is 0.368. The molecule has 0 unspecified atom stereocenters. The molecule has 1 aromatic heterocycles. The standard InChI is InChI=1S/C19H24N4O5/c1-11(18(26)28-19(2,3)4)22-16(24)14-15(21-10-20-14)17(25)23-12-6-8-13(27-5)9-7-12/h6-11H,1-5H3,(H,20,21)(H,22,24)(H,23,25)/t11-/m1/s1. The van der Waals surface area contributed by atoms with Crippen LogP contribution in [-0.2, 0) is 9.53 Å². The van der Waals surface area contributed by atoms with Gasteiger partial charge in [-0.3, -0.25) is 9.59 Å². The van der Waals surface area contributed by atoms with E-state index in [0.29, 0.717) is 11.4 Å². The highest BCUT2D eigenvalue weighted by atomic mass is 16.6. The Morgan fingerprint density at radius 1 is 1.11 bits per heavy atom. The Morgan fingerprint density at radius 2 is 1.75 bits per heavy atom. The molecule has 0 spiro atoms. The molecule has 9 heteroatoms. The van der Waals surface area contributed by atoms with Crippen LogP contribution < -0.4 is 15.4 Å². The average Bonchev–Trinajstić information content (AvgIpc) is 3.11. The molecule has 9 nitrogen and oxygen atoms in total. The summed E-state index contributed by atoms with van der Waals surface area (Å²) in [6, 6.07) is 5.81. The largest absolute Gasteiger partial charge is 0.497 e. The van der Waals surface area contributed by atoms with Crippen molar-refractivity contribution >= 4 is 23.5 Å². The van der Waals surface area contributed by atoms with Gasteiger partial charge in [0.15, 0.2) is 5.69 Å². The summed E-state index contributed by atoms with van der Waals surface area (Å²) in [6.07, 6.45) is 1.23. The van der Waals surface area contributed by atoms with E-state index in [1.807, 2.05) is 0 Å². The molecule has 0 aliphatic heterocycles. The third-order valence-electron chi connectivity index (χ3n) is 3.54. The minimum absolute atomic E-state index is 0.0542. The first-order valence-corrected chi connectivity index (χ1v) is 8.63. The lowest BCUT2D eigenvalue weighted by molar-refractivity contribution is -0.156. The van der Waals surface area contributed by atoms with Gasteiger partial charge in [-0.05, 0) is 52.0 Å². The number of methoxy groups -OCH3 is 1. The highest BCUT2D eigenvalue weighted by molar-refractivity contribution is 6.10. The van der Waals surface area contributed by atoms with E-state index >= 15 is 0 Å². The lowest BCUT2D eigenvalue weighted by Gasteiger charge is -2.22. The van der Waals surface area contributed by atoms with E-state index in [0.717, 1.165) is 0 Å². The number of hydrogen-bond donors (Lipinski definition) is 3. The van der Waals surface area contributed by atoms with Crippen molar-refractivity contribution in [3.8, 4) is 5.75 Å². The molecule has 2 aromatic rings. The molecule has 0 radical (unpaired) electrons. The number of imidazole rings is 1. The monoisotopic (exact) mass is 388 g/mol. The molecule has 0 bridgehead atoms. The fourth-order valence-electron chi connectivity index (χ4n) is 2.22. The van der Waals surface area contributed by atoms with Gasteiger partial charge in [-0.2, -0.15) is 0 Å². The third-order valence-corrected chi connectivity index (χ3v) is 3.54. The quantitative estimate of drug-likeness (QED) is 0.652. The van der Waals surface area contributed by atoms with Gasteiger partial charge in [-0.25, -0.2) is 9.78 Å². The van der Waals surface area contributed by atoms with E-state index in [9.17, 15) is 14.4 Å². The predicted molar refractivity (Wildman–Crippen MR) is 102 cm³/mol. The number of ether oxygens (including phenoxy) is 2. The number of benzene rings is 1. The van der Waals surface area contributed by atoms with Crippen molar-refractivity contribution < 1.29 is 23.9 Å². The predicted octanol–water partition coefficient (Wildman–Crippen LogP) is 2.13. The van der Waals surface area contributed by atoms with Crippen LogP contribution in [0, 0.1) is 0 Å². The van der Waals surface area contributed by atoms with Gasteiger partial charge < -0.3 is 25.1 Å². The highest BCUT2D eigenvalue weighted by Crippen LogP contribution is 2.16. The van der Waals surface area contributed by atoms with E-state index in [1.54, 1.807) is 52.1 Å². The van der Waals surface area contributed by atoms with Crippen molar-refractivity contribution in [1.82, 2.24) is 15.3 Å². The fourth-order valence-corrected chi connectivity index (χ4v) is 2.22. The van der Waals surface area contributed by atoms with Gasteiger partial charge in [0.2, 0.25) is 0 Å². The molecule has 150 valence electrons. The summed E-state index contributed by atoms with van der Waals surface area (Å²) in [5.41, 5.74) is -0.304. The molecule has 1 aromatic carbocycles. The number of aromatic amines is 1. The molecule has 1 atom stereocenters. The Labute approximate surface area is 162 Å². The Balaban J connectivity index is 2.05. The van der Waals surface area contributed by atoms with Crippen LogP contribution in [0.5, 0.6) is 5.75 Å². The summed E-state index contributed by atoms with van der Waals surface area (Å²) >= 11 is 0. The van der Waals surface area contributed by atoms with Crippen LogP contribution >= 0.6 is 0 Å². The first-order valence-electron chi connectivity index (χ1n) is 8.63. The van der Waals surface area contributed by atoms with Crippen molar-refractivity contribution in [3.63, 3.8) is 0 Å². The molecule has 3 N–H and O–H groups in total. The van der Waals surface area contributed by atoms with Gasteiger partial charge in [0.25, 0.3) is 11.8 Å². The van der Waals surface area contributed by atoms with E-state index in [1.165, 1.54) is 13.3 Å². The van der Waals surface area contributed by atoms with Crippen LogP contribution in [0.2, 0.25) is 0 Å². The Bertz CT molecular complexity index is 852. The van der Waals surface area contributed by atoms with Crippen LogP contribution in [0.3, 0.4) is 0 Å². The molecular formula is C19H24N4O5. The maximum Gasteiger partial charge on any atom is 0.328 e. The van der Waals surface area contributed by atoms with Gasteiger partial charge in [0.05, 0.1) is 13.4 Å². The second kappa shape index (κ2) is 8.55. The van der Waals surface area contributed by atoms with Crippen molar-refractivity contribution in [3.05, 3.63) is 42.0 Å². The van der Waals surface area contributed by atoms with Gasteiger partial charge in [-0.15, -0.1) is 0 Å². The number of hydrogen-bond acceptors (Lipinski definition) is 6. The van der Waals surface area contributed by atoms with Crippen LogP contribution in [0.1, 0.15) is 48.7 Å². The minimum atomic E-state index is -0.896.